The van der Waals surface area contributed by atoms with Crippen molar-refractivity contribution in [2.24, 2.45) is 5.92 Å². The molecule has 1 aliphatic carbocycles. The van der Waals surface area contributed by atoms with Crippen LogP contribution in [-0.4, -0.2) is 0 Å². The summed E-state index contributed by atoms with van der Waals surface area (Å²) in [6.07, 6.45) is 7.61. The van der Waals surface area contributed by atoms with Gasteiger partial charge in [0.2, 0.25) is 0 Å². The van der Waals surface area contributed by atoms with Gasteiger partial charge >= 0.3 is 0 Å². The van der Waals surface area contributed by atoms with Crippen LogP contribution in [0, 0.1) is 28.9 Å². The summed E-state index contributed by atoms with van der Waals surface area (Å²) in [5.41, 5.74) is 4.09. The van der Waals surface area contributed by atoms with E-state index in [4.69, 9.17) is 5.26 Å². The highest BCUT2D eigenvalue weighted by Gasteiger charge is 2.24. The summed E-state index contributed by atoms with van der Waals surface area (Å²) >= 11 is 0. The Kier molecular flexibility index (Phi) is 7.55. The van der Waals surface area contributed by atoms with Crippen LogP contribution in [0.1, 0.15) is 78.7 Å². The third-order valence-corrected chi connectivity index (χ3v) is 7.27. The predicted octanol–water partition coefficient (Wildman–Crippen LogP) is 8.09. The van der Waals surface area contributed by atoms with Gasteiger partial charge in [0.25, 0.3) is 0 Å². The molecule has 0 aromatic heterocycles. The van der Waals surface area contributed by atoms with Crippen LogP contribution in [0.3, 0.4) is 0 Å². The van der Waals surface area contributed by atoms with Crippen LogP contribution >= 0.6 is 0 Å². The molecule has 0 aliphatic heterocycles. The maximum atomic E-state index is 13.8. The summed E-state index contributed by atoms with van der Waals surface area (Å²) in [4.78, 5) is 0. The molecule has 3 aromatic carbocycles. The normalized spacial score (nSPS) is 19.1. The van der Waals surface area contributed by atoms with Gasteiger partial charge in [-0.15, -0.1) is 0 Å². The minimum atomic E-state index is -0.781. The van der Waals surface area contributed by atoms with Gasteiger partial charge in [0.1, 0.15) is 23.3 Å². The Balaban J connectivity index is 1.27. The van der Waals surface area contributed by atoms with E-state index in [9.17, 15) is 8.78 Å². The van der Waals surface area contributed by atoms with Crippen molar-refractivity contribution < 1.29 is 8.78 Å². The van der Waals surface area contributed by atoms with Crippen LogP contribution in [0.25, 0.3) is 0 Å². The van der Waals surface area contributed by atoms with Gasteiger partial charge in [-0.1, -0.05) is 61.5 Å². The molecule has 1 atom stereocenters. The summed E-state index contributed by atoms with van der Waals surface area (Å²) in [5.74, 6) is 0.492. The number of nitrogens with zero attached hydrogens (tertiary/aromatic N) is 1. The average Bonchev–Trinajstić information content (AvgIpc) is 2.84. The van der Waals surface area contributed by atoms with Crippen molar-refractivity contribution >= 4 is 0 Å². The fourth-order valence-electron chi connectivity index (χ4n) is 5.27. The van der Waals surface area contributed by atoms with Gasteiger partial charge in [-0.2, -0.15) is 5.26 Å². The molecule has 4 rings (SSSR count). The van der Waals surface area contributed by atoms with E-state index in [1.54, 1.807) is 6.07 Å². The smallest absolute Gasteiger partial charge is 0.144 e. The number of rotatable bonds is 7. The first kappa shape index (κ1) is 23.2. The van der Waals surface area contributed by atoms with Gasteiger partial charge in [0.05, 0.1) is 0 Å². The van der Waals surface area contributed by atoms with E-state index in [-0.39, 0.29) is 0 Å². The van der Waals surface area contributed by atoms with Crippen LogP contribution in [0.15, 0.2) is 66.7 Å². The minimum absolute atomic E-state index is 0.507. The summed E-state index contributed by atoms with van der Waals surface area (Å²) in [6.45, 7) is 2.35. The van der Waals surface area contributed by atoms with Gasteiger partial charge in [-0.05, 0) is 97.1 Å². The summed E-state index contributed by atoms with van der Waals surface area (Å²) in [5, 5.41) is 8.80. The molecule has 0 radical (unpaired) electrons. The van der Waals surface area contributed by atoms with Crippen molar-refractivity contribution in [3.63, 3.8) is 0 Å². The fourth-order valence-corrected chi connectivity index (χ4v) is 5.27. The SMILES string of the molecule is C[C@H](CC1CCC(c2ccc(CCc3cc(F)c(C#N)c(F)c3)cc2)CC1)c1ccccc1. The molecular weight excluding hydrogens is 412 g/mol. The first-order chi connectivity index (χ1) is 16.0. The molecule has 1 nitrogen and oxygen atoms in total. The van der Waals surface area contributed by atoms with E-state index in [1.807, 2.05) is 0 Å². The molecule has 0 heterocycles. The summed E-state index contributed by atoms with van der Waals surface area (Å²) in [7, 11) is 0. The molecular formula is C30H31F2N. The molecule has 0 unspecified atom stereocenters. The van der Waals surface area contributed by atoms with Crippen LogP contribution < -0.4 is 0 Å². The Hall–Kier alpha value is -2.99. The molecule has 3 aromatic rings. The molecule has 1 fully saturated rings. The quantitative estimate of drug-likeness (QED) is 0.362. The zero-order valence-corrected chi connectivity index (χ0v) is 19.2. The van der Waals surface area contributed by atoms with Crippen molar-refractivity contribution in [2.75, 3.05) is 0 Å². The largest absolute Gasteiger partial charge is 0.205 e. The molecule has 1 saturated carbocycles. The van der Waals surface area contributed by atoms with E-state index in [0.29, 0.717) is 23.8 Å². The third-order valence-electron chi connectivity index (χ3n) is 7.27. The van der Waals surface area contributed by atoms with Gasteiger partial charge in [-0.25, -0.2) is 8.78 Å². The van der Waals surface area contributed by atoms with Crippen LogP contribution in [0.4, 0.5) is 8.78 Å². The third kappa shape index (κ3) is 5.88. The molecule has 1 aliphatic rings. The van der Waals surface area contributed by atoms with Gasteiger partial charge < -0.3 is 0 Å². The number of halogens is 2. The highest BCUT2D eigenvalue weighted by molar-refractivity contribution is 5.36. The summed E-state index contributed by atoms with van der Waals surface area (Å²) < 4.78 is 27.6. The van der Waals surface area contributed by atoms with Gasteiger partial charge in [0, 0.05) is 0 Å². The van der Waals surface area contributed by atoms with Gasteiger partial charge in [0.15, 0.2) is 0 Å². The molecule has 3 heteroatoms. The van der Waals surface area contributed by atoms with Crippen molar-refractivity contribution in [3.8, 4) is 6.07 Å². The molecule has 0 spiro atoms. The standard InChI is InChI=1S/C30H31F2N/c1-21(25-5-3-2-4-6-25)17-23-11-15-27(16-12-23)26-13-9-22(10-14-26)7-8-24-18-29(31)28(20-33)30(32)19-24/h2-6,9-10,13-14,18-19,21,23,27H,7-8,11-12,15-17H2,1H3/t21-,23?,27?/m1/s1. The second kappa shape index (κ2) is 10.8. The van der Waals surface area contributed by atoms with Gasteiger partial charge in [-0.3, -0.25) is 0 Å². The zero-order chi connectivity index (χ0) is 23.2. The van der Waals surface area contributed by atoms with Crippen LogP contribution in [0.5, 0.6) is 0 Å². The predicted molar refractivity (Wildman–Crippen MR) is 129 cm³/mol. The number of benzene rings is 3. The Labute approximate surface area is 196 Å². The minimum Gasteiger partial charge on any atom is -0.205 e. The van der Waals surface area contributed by atoms with Crippen molar-refractivity contribution in [1.29, 1.82) is 5.26 Å². The molecule has 0 saturated heterocycles. The second-order valence-corrected chi connectivity index (χ2v) is 9.55. The maximum Gasteiger partial charge on any atom is 0.144 e. The first-order valence-electron chi connectivity index (χ1n) is 12.0. The van der Waals surface area contributed by atoms with Crippen molar-refractivity contribution in [3.05, 3.63) is 106 Å². The monoisotopic (exact) mass is 443 g/mol. The number of aryl methyl sites for hydroxylation is 2. The second-order valence-electron chi connectivity index (χ2n) is 9.55. The lowest BCUT2D eigenvalue weighted by Gasteiger charge is -2.30. The highest BCUT2D eigenvalue weighted by atomic mass is 19.1. The van der Waals surface area contributed by atoms with E-state index in [0.717, 1.165) is 17.9 Å². The maximum absolute atomic E-state index is 13.8. The lowest BCUT2D eigenvalue weighted by atomic mass is 9.75. The van der Waals surface area contributed by atoms with E-state index >= 15 is 0 Å². The molecule has 0 N–H and O–H groups in total. The topological polar surface area (TPSA) is 23.8 Å². The van der Waals surface area contributed by atoms with E-state index in [1.165, 1.54) is 55.4 Å². The van der Waals surface area contributed by atoms with Crippen molar-refractivity contribution in [2.45, 2.75) is 63.7 Å². The molecule has 170 valence electrons. The number of hydrogen-bond donors (Lipinski definition) is 0. The lowest BCUT2D eigenvalue weighted by Crippen LogP contribution is -2.15. The number of hydrogen-bond acceptors (Lipinski definition) is 1. The van der Waals surface area contributed by atoms with Crippen LogP contribution in [0.2, 0.25) is 0 Å². The molecule has 33 heavy (non-hydrogen) atoms. The van der Waals surface area contributed by atoms with E-state index < -0.39 is 17.2 Å². The first-order valence-corrected chi connectivity index (χ1v) is 12.0. The highest BCUT2D eigenvalue weighted by Crippen LogP contribution is 2.39. The summed E-state index contributed by atoms with van der Waals surface area (Å²) in [6, 6.07) is 23.7. The molecule has 0 bridgehead atoms. The fraction of sp³-hybridized carbons (Fsp3) is 0.367. The Morgan fingerprint density at radius 2 is 1.45 bits per heavy atom. The average molecular weight is 444 g/mol. The Morgan fingerprint density at radius 3 is 2.06 bits per heavy atom. The van der Waals surface area contributed by atoms with Crippen molar-refractivity contribution in [1.82, 2.24) is 0 Å². The van der Waals surface area contributed by atoms with Crippen LogP contribution in [-0.2, 0) is 12.8 Å². The Bertz CT molecular complexity index is 1070. The zero-order valence-electron chi connectivity index (χ0n) is 19.2. The molecule has 0 amide bonds. The number of nitriles is 1. The Morgan fingerprint density at radius 1 is 0.848 bits per heavy atom. The van der Waals surface area contributed by atoms with E-state index in [2.05, 4.69) is 61.5 Å². The lowest BCUT2D eigenvalue weighted by molar-refractivity contribution is 0.297.